The van der Waals surface area contributed by atoms with Crippen LogP contribution in [0.25, 0.3) is 0 Å². The van der Waals surface area contributed by atoms with E-state index in [1.54, 1.807) is 0 Å². The maximum atomic E-state index is 12.9. The van der Waals surface area contributed by atoms with E-state index in [4.69, 9.17) is 0 Å². The molecule has 2 aliphatic heterocycles. The number of hydrogen-bond donors (Lipinski definition) is 1. The molecule has 6 nitrogen and oxygen atoms in total. The van der Waals surface area contributed by atoms with Gasteiger partial charge in [0.25, 0.3) is 0 Å². The van der Waals surface area contributed by atoms with Gasteiger partial charge in [0.15, 0.2) is 5.13 Å². The molecule has 0 saturated carbocycles. The second-order valence-electron chi connectivity index (χ2n) is 8.46. The molecule has 2 amide bonds. The van der Waals surface area contributed by atoms with E-state index in [0.717, 1.165) is 44.7 Å². The van der Waals surface area contributed by atoms with Crippen LogP contribution in [-0.2, 0) is 9.59 Å². The quantitative estimate of drug-likeness (QED) is 0.855. The lowest BCUT2D eigenvalue weighted by Gasteiger charge is -2.40. The third kappa shape index (κ3) is 5.08. The lowest BCUT2D eigenvalue weighted by molar-refractivity contribution is -0.139. The van der Waals surface area contributed by atoms with Crippen molar-refractivity contribution in [1.29, 1.82) is 0 Å². The highest BCUT2D eigenvalue weighted by Crippen LogP contribution is 2.25. The van der Waals surface area contributed by atoms with Gasteiger partial charge in [0.2, 0.25) is 11.8 Å². The van der Waals surface area contributed by atoms with Gasteiger partial charge in [-0.15, -0.1) is 11.3 Å². The Bertz CT molecular complexity index is 659. The molecule has 7 heteroatoms. The Morgan fingerprint density at radius 2 is 1.85 bits per heavy atom. The number of nitrogens with one attached hydrogen (secondary N) is 1. The molecule has 3 atom stereocenters. The fourth-order valence-electron chi connectivity index (χ4n) is 4.43. The highest BCUT2D eigenvalue weighted by atomic mass is 32.1. The van der Waals surface area contributed by atoms with E-state index in [1.165, 1.54) is 17.8 Å². The van der Waals surface area contributed by atoms with Gasteiger partial charge in [-0.05, 0) is 58.0 Å². The van der Waals surface area contributed by atoms with Crippen LogP contribution in [0.4, 0.5) is 5.13 Å². The topological polar surface area (TPSA) is 65.5 Å². The van der Waals surface area contributed by atoms with Gasteiger partial charge in [-0.25, -0.2) is 4.98 Å². The molecule has 0 aliphatic carbocycles. The number of piperidine rings is 2. The number of aryl methyl sites for hydroxylation is 1. The zero-order valence-electron chi connectivity index (χ0n) is 16.9. The summed E-state index contributed by atoms with van der Waals surface area (Å²) in [6, 6.07) is -0.104. The minimum atomic E-state index is -0.104. The molecule has 0 spiro atoms. The number of hydrogen-bond acceptors (Lipinski definition) is 5. The zero-order chi connectivity index (χ0) is 19.6. The first-order valence-corrected chi connectivity index (χ1v) is 11.0. The number of rotatable bonds is 4. The first-order chi connectivity index (χ1) is 12.8. The SMILES string of the molecule is Cc1csc(NC(=O)C2CCN(C(C)C(=O)N3CC(C)CC(C)C3)CC2)n1. The molecule has 3 unspecified atom stereocenters. The standard InChI is InChI=1S/C20H32N4O2S/c1-13-9-14(2)11-24(10-13)19(26)16(4)23-7-5-17(6-8-23)18(25)22-20-21-15(3)12-27-20/h12-14,16-17H,5-11H2,1-4H3,(H,21,22,25). The molecule has 2 saturated heterocycles. The summed E-state index contributed by atoms with van der Waals surface area (Å²) < 4.78 is 0. The average molecular weight is 393 g/mol. The molecule has 2 fully saturated rings. The molecule has 1 N–H and O–H groups in total. The summed E-state index contributed by atoms with van der Waals surface area (Å²) in [7, 11) is 0. The molecule has 150 valence electrons. The third-order valence-electron chi connectivity index (χ3n) is 5.84. The molecular formula is C20H32N4O2S. The van der Waals surface area contributed by atoms with Crippen molar-refractivity contribution in [2.24, 2.45) is 17.8 Å². The molecule has 27 heavy (non-hydrogen) atoms. The van der Waals surface area contributed by atoms with E-state index >= 15 is 0 Å². The first-order valence-electron chi connectivity index (χ1n) is 10.1. The lowest BCUT2D eigenvalue weighted by atomic mass is 9.91. The number of aromatic nitrogens is 1. The van der Waals surface area contributed by atoms with Gasteiger partial charge >= 0.3 is 0 Å². The Balaban J connectivity index is 1.49. The summed E-state index contributed by atoms with van der Waals surface area (Å²) in [6.45, 7) is 11.7. The van der Waals surface area contributed by atoms with Crippen molar-refractivity contribution < 1.29 is 9.59 Å². The summed E-state index contributed by atoms with van der Waals surface area (Å²) in [4.78, 5) is 34.0. The fourth-order valence-corrected chi connectivity index (χ4v) is 5.12. The van der Waals surface area contributed by atoms with Crippen molar-refractivity contribution in [2.45, 2.75) is 53.0 Å². The van der Waals surface area contributed by atoms with Gasteiger partial charge in [0, 0.05) is 24.4 Å². The van der Waals surface area contributed by atoms with Crippen molar-refractivity contribution in [3.8, 4) is 0 Å². The molecule has 2 aliphatic rings. The van der Waals surface area contributed by atoms with Gasteiger partial charge in [0.1, 0.15) is 0 Å². The minimum Gasteiger partial charge on any atom is -0.341 e. The molecule has 0 radical (unpaired) electrons. The molecule has 3 heterocycles. The number of carbonyl (C=O) groups is 2. The normalized spacial score (nSPS) is 26.0. The summed E-state index contributed by atoms with van der Waals surface area (Å²) in [6.07, 6.45) is 2.79. The van der Waals surface area contributed by atoms with Crippen LogP contribution in [0.3, 0.4) is 0 Å². The third-order valence-corrected chi connectivity index (χ3v) is 6.71. The maximum Gasteiger partial charge on any atom is 0.239 e. The Kier molecular flexibility index (Phi) is 6.52. The van der Waals surface area contributed by atoms with Crippen LogP contribution < -0.4 is 5.32 Å². The summed E-state index contributed by atoms with van der Waals surface area (Å²) in [5.41, 5.74) is 0.929. The number of anilines is 1. The van der Waals surface area contributed by atoms with Crippen molar-refractivity contribution >= 4 is 28.3 Å². The van der Waals surface area contributed by atoms with Gasteiger partial charge in [-0.3, -0.25) is 14.5 Å². The van der Waals surface area contributed by atoms with E-state index in [2.05, 4.69) is 29.0 Å². The highest BCUT2D eigenvalue weighted by Gasteiger charge is 2.34. The number of likely N-dealkylation sites (tertiary alicyclic amines) is 2. The maximum absolute atomic E-state index is 12.9. The van der Waals surface area contributed by atoms with Crippen LogP contribution in [0, 0.1) is 24.7 Å². The van der Waals surface area contributed by atoms with Gasteiger partial charge in [-0.1, -0.05) is 13.8 Å². The number of amides is 2. The van der Waals surface area contributed by atoms with Crippen LogP contribution in [0.5, 0.6) is 0 Å². The van der Waals surface area contributed by atoms with Crippen molar-refractivity contribution in [3.05, 3.63) is 11.1 Å². The molecular weight excluding hydrogens is 360 g/mol. The largest absolute Gasteiger partial charge is 0.341 e. The predicted molar refractivity (Wildman–Crippen MR) is 109 cm³/mol. The van der Waals surface area contributed by atoms with Crippen LogP contribution in [0.1, 0.15) is 45.7 Å². The summed E-state index contributed by atoms with van der Waals surface area (Å²) in [5.74, 6) is 1.46. The molecule has 0 bridgehead atoms. The van der Waals surface area contributed by atoms with E-state index in [1.807, 2.05) is 24.1 Å². The molecule has 1 aromatic rings. The van der Waals surface area contributed by atoms with Crippen LogP contribution >= 0.6 is 11.3 Å². The second kappa shape index (κ2) is 8.69. The van der Waals surface area contributed by atoms with Gasteiger partial charge < -0.3 is 10.2 Å². The van der Waals surface area contributed by atoms with E-state index in [0.29, 0.717) is 17.0 Å². The summed E-state index contributed by atoms with van der Waals surface area (Å²) >= 11 is 1.46. The van der Waals surface area contributed by atoms with E-state index < -0.39 is 0 Å². The Morgan fingerprint density at radius 1 is 1.22 bits per heavy atom. The first kappa shape index (κ1) is 20.3. The van der Waals surface area contributed by atoms with Gasteiger partial charge in [-0.2, -0.15) is 0 Å². The molecule has 0 aromatic carbocycles. The van der Waals surface area contributed by atoms with Crippen molar-refractivity contribution in [3.63, 3.8) is 0 Å². The monoisotopic (exact) mass is 392 g/mol. The minimum absolute atomic E-state index is 0.00258. The number of nitrogens with zero attached hydrogens (tertiary/aromatic N) is 3. The smallest absolute Gasteiger partial charge is 0.239 e. The van der Waals surface area contributed by atoms with E-state index in [-0.39, 0.29) is 23.8 Å². The predicted octanol–water partition coefficient (Wildman–Crippen LogP) is 3.00. The highest BCUT2D eigenvalue weighted by molar-refractivity contribution is 7.13. The Morgan fingerprint density at radius 3 is 2.41 bits per heavy atom. The van der Waals surface area contributed by atoms with E-state index in [9.17, 15) is 9.59 Å². The Labute approximate surface area is 166 Å². The Hall–Kier alpha value is -1.47. The molecule has 1 aromatic heterocycles. The second-order valence-corrected chi connectivity index (χ2v) is 9.32. The average Bonchev–Trinajstić information content (AvgIpc) is 3.04. The van der Waals surface area contributed by atoms with Crippen LogP contribution in [-0.4, -0.2) is 58.8 Å². The number of carbonyl (C=O) groups excluding carboxylic acids is 2. The van der Waals surface area contributed by atoms with Crippen LogP contribution in [0.15, 0.2) is 5.38 Å². The van der Waals surface area contributed by atoms with Crippen molar-refractivity contribution in [1.82, 2.24) is 14.8 Å². The zero-order valence-corrected chi connectivity index (χ0v) is 17.7. The molecule has 3 rings (SSSR count). The lowest BCUT2D eigenvalue weighted by Crippen LogP contribution is -2.53. The summed E-state index contributed by atoms with van der Waals surface area (Å²) in [5, 5.41) is 5.55. The van der Waals surface area contributed by atoms with Crippen molar-refractivity contribution in [2.75, 3.05) is 31.5 Å². The fraction of sp³-hybridized carbons (Fsp3) is 0.750. The number of thiazole rings is 1. The van der Waals surface area contributed by atoms with Crippen LogP contribution in [0.2, 0.25) is 0 Å². The van der Waals surface area contributed by atoms with Gasteiger partial charge in [0.05, 0.1) is 11.7 Å².